The van der Waals surface area contributed by atoms with Gasteiger partial charge in [0.2, 0.25) is 0 Å². The normalized spacial score (nSPS) is 12.1. The molecule has 94 valence electrons. The molecule has 1 aromatic heterocycles. The minimum Gasteiger partial charge on any atom is -0.321 e. The molecule has 0 spiro atoms. The quantitative estimate of drug-likeness (QED) is 0.926. The Balaban J connectivity index is 2.13. The first-order valence-corrected chi connectivity index (χ1v) is 8.29. The van der Waals surface area contributed by atoms with Gasteiger partial charge >= 0.3 is 0 Å². The zero-order valence-electron chi connectivity index (χ0n) is 9.48. The maximum atomic E-state index is 11.9. The van der Waals surface area contributed by atoms with Crippen LogP contribution in [0.1, 0.15) is 9.67 Å². The molecular formula is C12H10BrNO2S2. The van der Waals surface area contributed by atoms with Gasteiger partial charge in [0.15, 0.2) is 0 Å². The largest absolute Gasteiger partial charge is 0.321 e. The average Bonchev–Trinajstić information content (AvgIpc) is 2.76. The van der Waals surface area contributed by atoms with Crippen LogP contribution in [0.25, 0.3) is 0 Å². The van der Waals surface area contributed by atoms with Gasteiger partial charge in [0.05, 0.1) is 0 Å². The summed E-state index contributed by atoms with van der Waals surface area (Å²) >= 11 is 4.70. The maximum Gasteiger partial charge on any atom is 0.266 e. The van der Waals surface area contributed by atoms with E-state index in [0.29, 0.717) is 10.6 Å². The molecule has 0 aliphatic rings. The molecule has 0 fully saturated rings. The monoisotopic (exact) mass is 343 g/mol. The fraction of sp³-hybridized carbons (Fsp3) is 0.0833. The molecule has 0 radical (unpaired) electrons. The Hall–Kier alpha value is -0.980. The highest BCUT2D eigenvalue weighted by Crippen LogP contribution is 2.23. The lowest BCUT2D eigenvalue weighted by Crippen LogP contribution is -2.10. The van der Waals surface area contributed by atoms with E-state index in [1.54, 1.807) is 30.5 Å². The molecular weight excluding hydrogens is 334 g/mol. The number of carbonyl (C=O) groups excluding carboxylic acids is 1. The number of hydrogen-bond donors (Lipinski definition) is 1. The van der Waals surface area contributed by atoms with Crippen LogP contribution in [-0.2, 0) is 10.8 Å². The molecule has 2 aromatic rings. The van der Waals surface area contributed by atoms with Crippen LogP contribution in [0.2, 0.25) is 0 Å². The van der Waals surface area contributed by atoms with E-state index in [9.17, 15) is 9.00 Å². The second kappa shape index (κ2) is 5.77. The van der Waals surface area contributed by atoms with Crippen LogP contribution in [-0.4, -0.2) is 16.4 Å². The van der Waals surface area contributed by atoms with Gasteiger partial charge in [-0.05, 0) is 51.6 Å². The summed E-state index contributed by atoms with van der Waals surface area (Å²) in [7, 11) is -1.00. The van der Waals surface area contributed by atoms with Gasteiger partial charge in [-0.25, -0.2) is 0 Å². The third-order valence-corrected chi connectivity index (χ3v) is 5.04. The van der Waals surface area contributed by atoms with Crippen LogP contribution in [0.3, 0.4) is 0 Å². The van der Waals surface area contributed by atoms with Gasteiger partial charge in [0, 0.05) is 32.1 Å². The fourth-order valence-corrected chi connectivity index (χ4v) is 3.34. The van der Waals surface area contributed by atoms with Crippen molar-refractivity contribution >= 4 is 49.7 Å². The fourth-order valence-electron chi connectivity index (χ4n) is 1.37. The average molecular weight is 344 g/mol. The van der Waals surface area contributed by atoms with Crippen LogP contribution in [0.15, 0.2) is 45.1 Å². The molecule has 0 saturated carbocycles. The number of amides is 1. The summed E-state index contributed by atoms with van der Waals surface area (Å²) in [4.78, 5) is 13.3. The van der Waals surface area contributed by atoms with Crippen molar-refractivity contribution in [1.82, 2.24) is 0 Å². The van der Waals surface area contributed by atoms with E-state index in [1.807, 2.05) is 11.4 Å². The summed E-state index contributed by atoms with van der Waals surface area (Å²) in [5, 5.41) is 4.64. The van der Waals surface area contributed by atoms with Crippen molar-refractivity contribution in [3.05, 3.63) is 45.1 Å². The molecule has 6 heteroatoms. The summed E-state index contributed by atoms with van der Waals surface area (Å²) in [6.45, 7) is 0. The van der Waals surface area contributed by atoms with E-state index < -0.39 is 10.8 Å². The zero-order valence-corrected chi connectivity index (χ0v) is 12.7. The Morgan fingerprint density at radius 1 is 1.28 bits per heavy atom. The highest BCUT2D eigenvalue weighted by atomic mass is 79.9. The Labute approximate surface area is 120 Å². The first kappa shape index (κ1) is 13.5. The van der Waals surface area contributed by atoms with E-state index >= 15 is 0 Å². The summed E-state index contributed by atoms with van der Waals surface area (Å²) < 4.78 is 12.0. The summed E-state index contributed by atoms with van der Waals surface area (Å²) in [6, 6.07) is 8.82. The van der Waals surface area contributed by atoms with Gasteiger partial charge in [0.25, 0.3) is 5.91 Å². The molecule has 1 heterocycles. The van der Waals surface area contributed by atoms with Crippen molar-refractivity contribution in [3.63, 3.8) is 0 Å². The predicted octanol–water partition coefficient (Wildman–Crippen LogP) is 3.50. The van der Waals surface area contributed by atoms with Gasteiger partial charge < -0.3 is 5.32 Å². The van der Waals surface area contributed by atoms with Gasteiger partial charge in [-0.15, -0.1) is 11.3 Å². The molecule has 2 rings (SSSR count). The van der Waals surface area contributed by atoms with E-state index in [4.69, 9.17) is 0 Å². The second-order valence-corrected chi connectivity index (χ2v) is 6.68. The lowest BCUT2D eigenvalue weighted by atomic mass is 10.3. The van der Waals surface area contributed by atoms with E-state index in [1.165, 1.54) is 11.3 Å². The first-order chi connectivity index (χ1) is 8.58. The number of carbonyl (C=O) groups is 1. The maximum absolute atomic E-state index is 11.9. The number of halogens is 1. The topological polar surface area (TPSA) is 46.2 Å². The summed E-state index contributed by atoms with van der Waals surface area (Å²) in [6.07, 6.45) is 1.62. The SMILES string of the molecule is C[S@@](=O)c1ccc(NC(=O)c2sccc2Br)cc1. The van der Waals surface area contributed by atoms with E-state index in [2.05, 4.69) is 21.2 Å². The third kappa shape index (κ3) is 3.07. The van der Waals surface area contributed by atoms with Crippen LogP contribution in [0, 0.1) is 0 Å². The van der Waals surface area contributed by atoms with E-state index in [0.717, 1.165) is 9.37 Å². The van der Waals surface area contributed by atoms with Gasteiger partial charge in [0.1, 0.15) is 4.88 Å². The van der Waals surface area contributed by atoms with Gasteiger partial charge in [-0.2, -0.15) is 0 Å². The predicted molar refractivity (Wildman–Crippen MR) is 78.7 cm³/mol. The number of thiophene rings is 1. The van der Waals surface area contributed by atoms with Gasteiger partial charge in [-0.1, -0.05) is 0 Å². The first-order valence-electron chi connectivity index (χ1n) is 5.06. The lowest BCUT2D eigenvalue weighted by Gasteiger charge is -2.04. The van der Waals surface area contributed by atoms with Crippen molar-refractivity contribution < 1.29 is 9.00 Å². The third-order valence-electron chi connectivity index (χ3n) is 2.27. The molecule has 0 bridgehead atoms. The van der Waals surface area contributed by atoms with Crippen LogP contribution in [0.4, 0.5) is 5.69 Å². The highest BCUT2D eigenvalue weighted by molar-refractivity contribution is 9.10. The molecule has 0 unspecified atom stereocenters. The molecule has 3 nitrogen and oxygen atoms in total. The van der Waals surface area contributed by atoms with Crippen molar-refractivity contribution in [2.45, 2.75) is 4.90 Å². The number of benzene rings is 1. The Bertz CT molecular complexity index is 592. The van der Waals surface area contributed by atoms with Crippen LogP contribution < -0.4 is 5.32 Å². The molecule has 0 aliphatic carbocycles. The smallest absolute Gasteiger partial charge is 0.266 e. The van der Waals surface area contributed by atoms with E-state index in [-0.39, 0.29) is 5.91 Å². The molecule has 1 amide bonds. The Morgan fingerprint density at radius 2 is 1.94 bits per heavy atom. The molecule has 0 saturated heterocycles. The number of rotatable bonds is 3. The second-order valence-electron chi connectivity index (χ2n) is 3.53. The Morgan fingerprint density at radius 3 is 2.44 bits per heavy atom. The minimum absolute atomic E-state index is 0.151. The molecule has 1 aromatic carbocycles. The number of nitrogens with one attached hydrogen (secondary N) is 1. The van der Waals surface area contributed by atoms with Crippen LogP contribution in [0.5, 0.6) is 0 Å². The summed E-state index contributed by atoms with van der Waals surface area (Å²) in [5.41, 5.74) is 0.689. The minimum atomic E-state index is -1.00. The highest BCUT2D eigenvalue weighted by Gasteiger charge is 2.11. The van der Waals surface area contributed by atoms with Crippen molar-refractivity contribution in [1.29, 1.82) is 0 Å². The number of hydrogen-bond acceptors (Lipinski definition) is 3. The van der Waals surface area contributed by atoms with Crippen molar-refractivity contribution in [2.24, 2.45) is 0 Å². The zero-order chi connectivity index (χ0) is 13.1. The summed E-state index contributed by atoms with van der Waals surface area (Å²) in [5.74, 6) is -0.151. The van der Waals surface area contributed by atoms with Gasteiger partial charge in [-0.3, -0.25) is 9.00 Å². The number of anilines is 1. The van der Waals surface area contributed by atoms with Crippen LogP contribution >= 0.6 is 27.3 Å². The molecule has 1 atom stereocenters. The molecule has 18 heavy (non-hydrogen) atoms. The van der Waals surface area contributed by atoms with Crippen molar-refractivity contribution in [3.8, 4) is 0 Å². The molecule has 1 N–H and O–H groups in total. The lowest BCUT2D eigenvalue weighted by molar-refractivity contribution is 0.103. The standard InChI is InChI=1S/C12H10BrNO2S2/c1-18(16)9-4-2-8(3-5-9)14-12(15)11-10(13)6-7-17-11/h2-7H,1H3,(H,14,15)/t18-/m1/s1. The molecule has 0 aliphatic heterocycles. The van der Waals surface area contributed by atoms with Crippen molar-refractivity contribution in [2.75, 3.05) is 11.6 Å². The Kier molecular flexibility index (Phi) is 4.31.